The smallest absolute Gasteiger partial charge is 0.131 e. The number of hydrogen-bond acceptors (Lipinski definition) is 2. The summed E-state index contributed by atoms with van der Waals surface area (Å²) in [6.07, 6.45) is 6.67. The molecule has 3 nitrogen and oxygen atoms in total. The Bertz CT molecular complexity index is 764. The fourth-order valence-corrected chi connectivity index (χ4v) is 5.83. The molecule has 0 spiro atoms. The van der Waals surface area contributed by atoms with E-state index in [9.17, 15) is 5.11 Å². The first-order valence-electron chi connectivity index (χ1n) is 9.29. The van der Waals surface area contributed by atoms with Crippen molar-refractivity contribution in [2.45, 2.75) is 57.7 Å². The monoisotopic (exact) mass is 310 g/mol. The maximum absolute atomic E-state index is 11.0. The van der Waals surface area contributed by atoms with Gasteiger partial charge in [-0.3, -0.25) is 4.90 Å². The van der Waals surface area contributed by atoms with E-state index >= 15 is 0 Å². The number of nitrogens with zero attached hydrogens (tertiary/aromatic N) is 2. The molecular formula is C20H26N2O. The molecule has 1 aromatic heterocycles. The molecular weight excluding hydrogens is 284 g/mol. The molecule has 4 heterocycles. The number of rotatable bonds is 1. The third-order valence-electron chi connectivity index (χ3n) is 6.93. The topological polar surface area (TPSA) is 28.4 Å². The minimum absolute atomic E-state index is 0.358. The quantitative estimate of drug-likeness (QED) is 0.862. The fourth-order valence-electron chi connectivity index (χ4n) is 5.83. The van der Waals surface area contributed by atoms with Crippen molar-refractivity contribution in [3.05, 3.63) is 35.5 Å². The molecule has 0 aliphatic carbocycles. The van der Waals surface area contributed by atoms with Gasteiger partial charge in [-0.05, 0) is 62.1 Å². The van der Waals surface area contributed by atoms with Gasteiger partial charge in [0.25, 0.3) is 0 Å². The highest BCUT2D eigenvalue weighted by Gasteiger charge is 2.50. The second kappa shape index (κ2) is 4.84. The third kappa shape index (κ3) is 1.72. The SMILES string of the molecule is CC[C@]12CCCN3CCc4c(n(c5ccccc45)[C@H](O)CC1)[C@@H]32. The van der Waals surface area contributed by atoms with E-state index in [1.807, 2.05) is 0 Å². The first kappa shape index (κ1) is 14.1. The second-order valence-electron chi connectivity index (χ2n) is 7.78. The van der Waals surface area contributed by atoms with Gasteiger partial charge in [0, 0.05) is 17.6 Å². The van der Waals surface area contributed by atoms with Crippen LogP contribution in [0.15, 0.2) is 24.3 Å². The van der Waals surface area contributed by atoms with Gasteiger partial charge in [0.2, 0.25) is 0 Å². The maximum Gasteiger partial charge on any atom is 0.131 e. The Morgan fingerprint density at radius 1 is 1.22 bits per heavy atom. The van der Waals surface area contributed by atoms with Crippen molar-refractivity contribution in [2.75, 3.05) is 13.1 Å². The summed E-state index contributed by atoms with van der Waals surface area (Å²) in [5.41, 5.74) is 4.56. The first-order valence-corrected chi connectivity index (χ1v) is 9.29. The fraction of sp³-hybridized carbons (Fsp3) is 0.600. The Balaban J connectivity index is 1.85. The zero-order valence-electron chi connectivity index (χ0n) is 14.0. The summed E-state index contributed by atoms with van der Waals surface area (Å²) >= 11 is 0. The van der Waals surface area contributed by atoms with Crippen LogP contribution in [0.2, 0.25) is 0 Å². The van der Waals surface area contributed by atoms with E-state index in [1.54, 1.807) is 0 Å². The lowest BCUT2D eigenvalue weighted by Crippen LogP contribution is -2.49. The predicted molar refractivity (Wildman–Crippen MR) is 92.4 cm³/mol. The summed E-state index contributed by atoms with van der Waals surface area (Å²) in [5.74, 6) is 0. The van der Waals surface area contributed by atoms with Crippen molar-refractivity contribution >= 4 is 10.9 Å². The van der Waals surface area contributed by atoms with E-state index in [0.717, 1.165) is 19.3 Å². The molecule has 5 rings (SSSR count). The molecule has 0 unspecified atom stereocenters. The van der Waals surface area contributed by atoms with Crippen molar-refractivity contribution in [3.8, 4) is 0 Å². The number of hydrogen-bond donors (Lipinski definition) is 1. The van der Waals surface area contributed by atoms with E-state index < -0.39 is 0 Å². The van der Waals surface area contributed by atoms with Crippen LogP contribution in [0.4, 0.5) is 0 Å². The van der Waals surface area contributed by atoms with Crippen LogP contribution < -0.4 is 0 Å². The zero-order chi connectivity index (χ0) is 15.6. The molecule has 3 aliphatic heterocycles. The van der Waals surface area contributed by atoms with Crippen molar-refractivity contribution in [3.63, 3.8) is 0 Å². The molecule has 122 valence electrons. The van der Waals surface area contributed by atoms with Crippen LogP contribution in [0.25, 0.3) is 10.9 Å². The summed E-state index contributed by atoms with van der Waals surface area (Å²) < 4.78 is 2.30. The largest absolute Gasteiger partial charge is 0.373 e. The van der Waals surface area contributed by atoms with Crippen LogP contribution in [-0.2, 0) is 6.42 Å². The summed E-state index contributed by atoms with van der Waals surface area (Å²) in [7, 11) is 0. The van der Waals surface area contributed by atoms with Crippen molar-refractivity contribution in [1.82, 2.24) is 9.47 Å². The van der Waals surface area contributed by atoms with Crippen molar-refractivity contribution in [1.29, 1.82) is 0 Å². The van der Waals surface area contributed by atoms with E-state index in [2.05, 4.69) is 40.7 Å². The second-order valence-corrected chi connectivity index (χ2v) is 7.78. The van der Waals surface area contributed by atoms with Gasteiger partial charge in [-0.25, -0.2) is 0 Å². The van der Waals surface area contributed by atoms with Crippen molar-refractivity contribution in [2.24, 2.45) is 5.41 Å². The van der Waals surface area contributed by atoms with Crippen molar-refractivity contribution < 1.29 is 5.11 Å². The average molecular weight is 310 g/mol. The summed E-state index contributed by atoms with van der Waals surface area (Å²) in [4.78, 5) is 2.72. The lowest BCUT2D eigenvalue weighted by atomic mass is 9.66. The third-order valence-corrected chi connectivity index (χ3v) is 6.93. The number of fused-ring (bicyclic) bond motifs is 3. The molecule has 3 atom stereocenters. The van der Waals surface area contributed by atoms with E-state index in [0.29, 0.717) is 11.5 Å². The molecule has 1 N–H and O–H groups in total. The zero-order valence-corrected chi connectivity index (χ0v) is 14.0. The van der Waals surface area contributed by atoms with Gasteiger partial charge in [-0.1, -0.05) is 25.1 Å². The highest BCUT2D eigenvalue weighted by Crippen LogP contribution is 2.57. The lowest BCUT2D eigenvalue weighted by Gasteiger charge is -2.51. The van der Waals surface area contributed by atoms with Crippen LogP contribution >= 0.6 is 0 Å². The maximum atomic E-state index is 11.0. The van der Waals surface area contributed by atoms with E-state index in [4.69, 9.17) is 0 Å². The summed E-state index contributed by atoms with van der Waals surface area (Å²) in [6.45, 7) is 4.77. The Morgan fingerprint density at radius 2 is 2.09 bits per heavy atom. The molecule has 1 fully saturated rings. The molecule has 0 bridgehead atoms. The molecule has 1 aromatic carbocycles. The minimum atomic E-state index is -0.363. The Labute approximate surface area is 137 Å². The average Bonchev–Trinajstić information content (AvgIpc) is 2.87. The molecule has 1 saturated heterocycles. The summed E-state index contributed by atoms with van der Waals surface area (Å²) in [5, 5.41) is 12.3. The molecule has 2 aromatic rings. The van der Waals surface area contributed by atoms with E-state index in [1.165, 1.54) is 54.5 Å². The normalized spacial score (nSPS) is 33.5. The number of aliphatic hydroxyl groups excluding tert-OH is 1. The van der Waals surface area contributed by atoms with Gasteiger partial charge in [0.05, 0.1) is 11.6 Å². The molecule has 0 radical (unpaired) electrons. The Hall–Kier alpha value is -1.32. The van der Waals surface area contributed by atoms with Gasteiger partial charge in [0.15, 0.2) is 0 Å². The molecule has 3 heteroatoms. The van der Waals surface area contributed by atoms with Crippen LogP contribution in [-0.4, -0.2) is 27.7 Å². The van der Waals surface area contributed by atoms with Crippen LogP contribution in [0.3, 0.4) is 0 Å². The number of piperidine rings is 1. The number of aromatic nitrogens is 1. The summed E-state index contributed by atoms with van der Waals surface area (Å²) in [6, 6.07) is 9.22. The Kier molecular flexibility index (Phi) is 2.96. The van der Waals surface area contributed by atoms with Crippen LogP contribution in [0.1, 0.15) is 62.6 Å². The molecule has 0 amide bonds. The Morgan fingerprint density at radius 3 is 2.96 bits per heavy atom. The molecule has 3 aliphatic rings. The van der Waals surface area contributed by atoms with Gasteiger partial charge in [-0.2, -0.15) is 0 Å². The van der Waals surface area contributed by atoms with Gasteiger partial charge < -0.3 is 9.67 Å². The number of aliphatic hydroxyl groups is 1. The molecule has 0 saturated carbocycles. The molecule has 23 heavy (non-hydrogen) atoms. The predicted octanol–water partition coefficient (Wildman–Crippen LogP) is 4.02. The van der Waals surface area contributed by atoms with Gasteiger partial charge in [0.1, 0.15) is 6.23 Å². The van der Waals surface area contributed by atoms with E-state index in [-0.39, 0.29) is 6.23 Å². The number of benzene rings is 1. The standard InChI is InChI=1S/C20H26N2O/c1-2-20-10-5-12-21-13-9-15-14-6-3-4-7-16(14)22(17(23)8-11-20)18(15)19(20)21/h3-4,6-7,17,19,23H,2,5,8-13H2,1H3/t17-,19-,20+/m1/s1. The van der Waals surface area contributed by atoms with Gasteiger partial charge >= 0.3 is 0 Å². The number of para-hydroxylation sites is 1. The van der Waals surface area contributed by atoms with Crippen LogP contribution in [0.5, 0.6) is 0 Å². The minimum Gasteiger partial charge on any atom is -0.373 e. The highest BCUT2D eigenvalue weighted by atomic mass is 16.3. The highest BCUT2D eigenvalue weighted by molar-refractivity contribution is 5.86. The van der Waals surface area contributed by atoms with Crippen LogP contribution in [0, 0.1) is 5.41 Å². The lowest BCUT2D eigenvalue weighted by molar-refractivity contribution is -0.00638. The first-order chi connectivity index (χ1) is 11.2. The van der Waals surface area contributed by atoms with Gasteiger partial charge in [-0.15, -0.1) is 0 Å².